The number of H-pyrrole nitrogens is 1. The van der Waals surface area contributed by atoms with Gasteiger partial charge in [-0.1, -0.05) is 24.3 Å². The van der Waals surface area contributed by atoms with Gasteiger partial charge in [0.25, 0.3) is 0 Å². The van der Waals surface area contributed by atoms with Gasteiger partial charge in [0.2, 0.25) is 11.7 Å². The van der Waals surface area contributed by atoms with Crippen molar-refractivity contribution in [2.45, 2.75) is 31.3 Å². The quantitative estimate of drug-likeness (QED) is 0.838. The minimum atomic E-state index is 0.159. The smallest absolute Gasteiger partial charge is 0.242 e. The topological polar surface area (TPSA) is 86.8 Å². The van der Waals surface area contributed by atoms with Gasteiger partial charge in [0.15, 0.2) is 0 Å². The molecule has 2 unspecified atom stereocenters. The largest absolute Gasteiger partial charge is 0.376 e. The third kappa shape index (κ3) is 2.69. The van der Waals surface area contributed by atoms with Gasteiger partial charge in [0.1, 0.15) is 0 Å². The second kappa shape index (κ2) is 5.83. The molecule has 0 spiro atoms. The third-order valence-electron chi connectivity index (χ3n) is 4.51. The van der Waals surface area contributed by atoms with E-state index in [1.807, 2.05) is 29.2 Å². The summed E-state index contributed by atoms with van der Waals surface area (Å²) in [5.74, 6) is 0.700. The molecule has 3 heterocycles. The Balaban J connectivity index is 1.42. The number of nitrogens with one attached hydrogen (secondary N) is 2. The molecule has 2 aromatic rings. The number of tetrazole rings is 1. The van der Waals surface area contributed by atoms with Crippen molar-refractivity contribution in [3.63, 3.8) is 0 Å². The summed E-state index contributed by atoms with van der Waals surface area (Å²) >= 11 is 0. The number of fused-ring (bicyclic) bond motifs is 2. The monoisotopic (exact) mass is 310 g/mol. The number of carbonyl (C=O) groups is 1. The summed E-state index contributed by atoms with van der Waals surface area (Å²) in [6.45, 7) is 0.302. The average Bonchev–Trinajstić information content (AvgIpc) is 3.20. The molecule has 2 bridgehead atoms. The minimum absolute atomic E-state index is 0.159. The molecule has 1 fully saturated rings. The maximum absolute atomic E-state index is 12.5. The van der Waals surface area contributed by atoms with Crippen LogP contribution in [-0.2, 0) is 4.79 Å². The second-order valence-corrected chi connectivity index (χ2v) is 5.93. The molecular weight excluding hydrogens is 292 g/mol. The summed E-state index contributed by atoms with van der Waals surface area (Å²) in [6.07, 6.45) is 7.54. The SMILES string of the molecule is O=C(CNc1cccc(-c2nn[nH]n2)c1)N1C2C=CCC1CC2. The molecule has 2 aliphatic heterocycles. The summed E-state index contributed by atoms with van der Waals surface area (Å²) in [4.78, 5) is 14.6. The Kier molecular flexibility index (Phi) is 3.53. The average molecular weight is 310 g/mol. The number of aromatic amines is 1. The molecule has 118 valence electrons. The number of nitrogens with zero attached hydrogens (tertiary/aromatic N) is 4. The van der Waals surface area contributed by atoms with Crippen molar-refractivity contribution in [2.75, 3.05) is 11.9 Å². The van der Waals surface area contributed by atoms with Crippen molar-refractivity contribution in [1.82, 2.24) is 25.5 Å². The number of rotatable bonds is 4. The van der Waals surface area contributed by atoms with Crippen molar-refractivity contribution in [2.24, 2.45) is 0 Å². The van der Waals surface area contributed by atoms with E-state index in [0.29, 0.717) is 18.4 Å². The highest BCUT2D eigenvalue weighted by molar-refractivity contribution is 5.82. The summed E-state index contributed by atoms with van der Waals surface area (Å²) < 4.78 is 0. The van der Waals surface area contributed by atoms with E-state index < -0.39 is 0 Å². The van der Waals surface area contributed by atoms with Gasteiger partial charge in [0, 0.05) is 17.3 Å². The van der Waals surface area contributed by atoms with Gasteiger partial charge in [-0.3, -0.25) is 4.79 Å². The molecule has 1 aromatic carbocycles. The van der Waals surface area contributed by atoms with Crippen LogP contribution in [0, 0.1) is 0 Å². The molecule has 1 amide bonds. The molecule has 0 aliphatic carbocycles. The maximum Gasteiger partial charge on any atom is 0.242 e. The first-order valence-electron chi connectivity index (χ1n) is 7.87. The highest BCUT2D eigenvalue weighted by atomic mass is 16.2. The van der Waals surface area contributed by atoms with Crippen molar-refractivity contribution in [3.8, 4) is 11.4 Å². The van der Waals surface area contributed by atoms with Crippen LogP contribution in [-0.4, -0.2) is 50.1 Å². The van der Waals surface area contributed by atoms with Crippen LogP contribution in [0.15, 0.2) is 36.4 Å². The molecule has 23 heavy (non-hydrogen) atoms. The number of hydrogen-bond acceptors (Lipinski definition) is 5. The first kappa shape index (κ1) is 13.9. The predicted octanol–water partition coefficient (Wildman–Crippen LogP) is 1.60. The van der Waals surface area contributed by atoms with Gasteiger partial charge in [0.05, 0.1) is 12.6 Å². The van der Waals surface area contributed by atoms with E-state index in [2.05, 4.69) is 38.1 Å². The Labute approximate surface area is 133 Å². The van der Waals surface area contributed by atoms with Gasteiger partial charge in [-0.25, -0.2) is 0 Å². The summed E-state index contributed by atoms with van der Waals surface area (Å²) in [7, 11) is 0. The number of benzene rings is 1. The van der Waals surface area contributed by atoms with E-state index in [-0.39, 0.29) is 11.9 Å². The fourth-order valence-corrected chi connectivity index (χ4v) is 3.44. The van der Waals surface area contributed by atoms with Crippen molar-refractivity contribution < 1.29 is 4.79 Å². The Hall–Kier alpha value is -2.70. The van der Waals surface area contributed by atoms with Crippen LogP contribution in [0.25, 0.3) is 11.4 Å². The zero-order chi connectivity index (χ0) is 15.6. The normalized spacial score (nSPS) is 22.3. The molecule has 1 saturated heterocycles. The Morgan fingerprint density at radius 2 is 2.35 bits per heavy atom. The van der Waals surface area contributed by atoms with E-state index in [1.54, 1.807) is 0 Å². The summed E-state index contributed by atoms with van der Waals surface area (Å²) in [6, 6.07) is 8.34. The molecule has 4 rings (SSSR count). The van der Waals surface area contributed by atoms with Crippen LogP contribution in [0.4, 0.5) is 5.69 Å². The van der Waals surface area contributed by atoms with Crippen LogP contribution < -0.4 is 5.32 Å². The molecule has 2 atom stereocenters. The number of aromatic nitrogens is 4. The first-order valence-corrected chi connectivity index (χ1v) is 7.87. The van der Waals surface area contributed by atoms with Gasteiger partial charge >= 0.3 is 0 Å². The lowest BCUT2D eigenvalue weighted by molar-refractivity contribution is -0.131. The van der Waals surface area contributed by atoms with Gasteiger partial charge < -0.3 is 10.2 Å². The molecular formula is C16H18N6O. The van der Waals surface area contributed by atoms with Crippen LogP contribution in [0.5, 0.6) is 0 Å². The van der Waals surface area contributed by atoms with Crippen molar-refractivity contribution in [3.05, 3.63) is 36.4 Å². The Morgan fingerprint density at radius 1 is 1.39 bits per heavy atom. The predicted molar refractivity (Wildman–Crippen MR) is 85.5 cm³/mol. The molecule has 7 heteroatoms. The minimum Gasteiger partial charge on any atom is -0.376 e. The summed E-state index contributed by atoms with van der Waals surface area (Å²) in [5, 5.41) is 17.1. The highest BCUT2D eigenvalue weighted by Crippen LogP contribution is 2.31. The lowest BCUT2D eigenvalue weighted by Crippen LogP contribution is -2.44. The molecule has 2 aliphatic rings. The Morgan fingerprint density at radius 3 is 3.17 bits per heavy atom. The van der Waals surface area contributed by atoms with Crippen molar-refractivity contribution in [1.29, 1.82) is 0 Å². The Bertz CT molecular complexity index is 726. The fraction of sp³-hybridized carbons (Fsp3) is 0.375. The van der Waals surface area contributed by atoms with Crippen LogP contribution in [0.1, 0.15) is 19.3 Å². The number of hydrogen-bond donors (Lipinski definition) is 2. The molecule has 1 aromatic heterocycles. The number of amides is 1. The standard InChI is InChI=1S/C16H18N6O/c23-15(22-13-5-2-6-14(22)8-7-13)10-17-12-4-1-3-11(9-12)16-18-20-21-19-16/h1-5,9,13-14,17H,6-8,10H2,(H,18,19,20,21). The van der Waals surface area contributed by atoms with Gasteiger partial charge in [-0.2, -0.15) is 5.21 Å². The molecule has 2 N–H and O–H groups in total. The van der Waals surface area contributed by atoms with E-state index in [0.717, 1.165) is 30.5 Å². The van der Waals surface area contributed by atoms with Crippen LogP contribution in [0.3, 0.4) is 0 Å². The number of carbonyl (C=O) groups excluding carboxylic acids is 1. The van der Waals surface area contributed by atoms with Crippen molar-refractivity contribution >= 4 is 11.6 Å². The zero-order valence-corrected chi connectivity index (χ0v) is 12.6. The van der Waals surface area contributed by atoms with E-state index >= 15 is 0 Å². The van der Waals surface area contributed by atoms with Crippen LogP contribution in [0.2, 0.25) is 0 Å². The lowest BCUT2D eigenvalue weighted by Gasteiger charge is -2.31. The molecule has 0 saturated carbocycles. The fourth-order valence-electron chi connectivity index (χ4n) is 3.44. The zero-order valence-electron chi connectivity index (χ0n) is 12.6. The second-order valence-electron chi connectivity index (χ2n) is 5.93. The molecule has 7 nitrogen and oxygen atoms in total. The highest BCUT2D eigenvalue weighted by Gasteiger charge is 2.36. The van der Waals surface area contributed by atoms with Gasteiger partial charge in [-0.05, 0) is 36.6 Å². The van der Waals surface area contributed by atoms with E-state index in [4.69, 9.17) is 0 Å². The lowest BCUT2D eigenvalue weighted by atomic mass is 10.1. The molecule has 0 radical (unpaired) electrons. The first-order chi connectivity index (χ1) is 11.3. The number of anilines is 1. The van der Waals surface area contributed by atoms with E-state index in [1.165, 1.54) is 0 Å². The third-order valence-corrected chi connectivity index (χ3v) is 4.51. The summed E-state index contributed by atoms with van der Waals surface area (Å²) in [5.41, 5.74) is 1.73. The van der Waals surface area contributed by atoms with Crippen LogP contribution >= 0.6 is 0 Å². The van der Waals surface area contributed by atoms with E-state index in [9.17, 15) is 4.79 Å². The maximum atomic E-state index is 12.5. The van der Waals surface area contributed by atoms with Gasteiger partial charge in [-0.15, -0.1) is 10.2 Å².